The first-order valence-corrected chi connectivity index (χ1v) is 9.43. The summed E-state index contributed by atoms with van der Waals surface area (Å²) in [4.78, 5) is 26.0. The summed E-state index contributed by atoms with van der Waals surface area (Å²) >= 11 is 0. The summed E-state index contributed by atoms with van der Waals surface area (Å²) in [6, 6.07) is 16.9. The monoisotopic (exact) mass is 387 g/mol. The smallest absolute Gasteiger partial charge is 0.414 e. The maximum absolute atomic E-state index is 12.7. The number of allylic oxidation sites excluding steroid dienone is 1. The largest absolute Gasteiger partial charge is 0.447 e. The van der Waals surface area contributed by atoms with E-state index in [2.05, 4.69) is 5.10 Å². The van der Waals surface area contributed by atoms with Gasteiger partial charge in [-0.05, 0) is 50.3 Å². The van der Waals surface area contributed by atoms with Crippen LogP contribution in [0.15, 0.2) is 60.7 Å². The lowest BCUT2D eigenvalue weighted by Crippen LogP contribution is -2.23. The number of amides is 1. The molecule has 2 heterocycles. The molecule has 0 atom stereocenters. The molecular weight excluding hydrogens is 366 g/mol. The van der Waals surface area contributed by atoms with E-state index in [1.807, 2.05) is 48.9 Å². The lowest BCUT2D eigenvalue weighted by molar-refractivity contribution is 0.104. The van der Waals surface area contributed by atoms with Crippen LogP contribution in [0.5, 0.6) is 0 Å². The van der Waals surface area contributed by atoms with Gasteiger partial charge in [-0.15, -0.1) is 0 Å². The summed E-state index contributed by atoms with van der Waals surface area (Å²) in [5, 5.41) is 4.60. The number of hydrogen-bond acceptors (Lipinski definition) is 4. The molecule has 3 aromatic rings. The molecule has 6 nitrogen and oxygen atoms in total. The third-order valence-corrected chi connectivity index (χ3v) is 4.95. The van der Waals surface area contributed by atoms with E-state index in [-0.39, 0.29) is 11.9 Å². The van der Waals surface area contributed by atoms with Crippen molar-refractivity contribution in [3.63, 3.8) is 0 Å². The Balaban J connectivity index is 1.58. The first kappa shape index (κ1) is 18.7. The highest BCUT2D eigenvalue weighted by Gasteiger charge is 2.23. The second-order valence-corrected chi connectivity index (χ2v) is 6.85. The predicted molar refractivity (Wildman–Crippen MR) is 112 cm³/mol. The fraction of sp³-hybridized carbons (Fsp3) is 0.174. The van der Waals surface area contributed by atoms with Crippen molar-refractivity contribution < 1.29 is 14.3 Å². The van der Waals surface area contributed by atoms with Crippen molar-refractivity contribution in [2.45, 2.75) is 13.8 Å². The van der Waals surface area contributed by atoms with Gasteiger partial charge >= 0.3 is 6.09 Å². The van der Waals surface area contributed by atoms with Crippen molar-refractivity contribution in [2.24, 2.45) is 0 Å². The Hall–Kier alpha value is -3.67. The molecule has 0 aliphatic carbocycles. The number of rotatable bonds is 5. The number of carbonyl (C=O) groups is 2. The number of anilines is 1. The maximum atomic E-state index is 12.7. The standard InChI is InChI=1S/C23H21N3O3/c1-16-21(17(2)26(24-16)19-8-4-3-5-9-19)11-12-22(27)18-7-6-10-20(15-18)25-13-14-29-23(25)28/h3-12,15H,13-14H2,1-2H3/b12-11+. The molecule has 6 heteroatoms. The number of benzene rings is 2. The van der Waals surface area contributed by atoms with Gasteiger partial charge in [-0.2, -0.15) is 5.10 Å². The number of carbonyl (C=O) groups excluding carboxylic acids is 2. The predicted octanol–water partition coefficient (Wildman–Crippen LogP) is 4.34. The van der Waals surface area contributed by atoms with Crippen molar-refractivity contribution in [1.29, 1.82) is 0 Å². The number of hydrogen-bond donors (Lipinski definition) is 0. The van der Waals surface area contributed by atoms with E-state index >= 15 is 0 Å². The first-order valence-electron chi connectivity index (χ1n) is 9.43. The van der Waals surface area contributed by atoms with Crippen molar-refractivity contribution in [2.75, 3.05) is 18.1 Å². The van der Waals surface area contributed by atoms with Gasteiger partial charge in [0.1, 0.15) is 6.61 Å². The molecule has 1 fully saturated rings. The van der Waals surface area contributed by atoms with Crippen molar-refractivity contribution in [1.82, 2.24) is 9.78 Å². The second-order valence-electron chi connectivity index (χ2n) is 6.85. The molecule has 2 aromatic carbocycles. The molecule has 1 amide bonds. The van der Waals surface area contributed by atoms with Gasteiger partial charge in [-0.3, -0.25) is 9.69 Å². The van der Waals surface area contributed by atoms with E-state index in [1.54, 1.807) is 36.4 Å². The summed E-state index contributed by atoms with van der Waals surface area (Å²) in [5.41, 5.74) is 4.89. The molecular formula is C23H21N3O3. The fourth-order valence-electron chi connectivity index (χ4n) is 3.43. The third-order valence-electron chi connectivity index (χ3n) is 4.95. The van der Waals surface area contributed by atoms with Crippen LogP contribution in [0, 0.1) is 13.8 Å². The van der Waals surface area contributed by atoms with Crippen LogP contribution in [-0.2, 0) is 4.74 Å². The third kappa shape index (κ3) is 3.69. The molecule has 0 unspecified atom stereocenters. The number of ketones is 1. The van der Waals surface area contributed by atoms with Crippen LogP contribution in [-0.4, -0.2) is 34.8 Å². The Morgan fingerprint density at radius 2 is 1.83 bits per heavy atom. The molecule has 0 N–H and O–H groups in total. The molecule has 0 radical (unpaired) electrons. The Morgan fingerprint density at radius 3 is 2.55 bits per heavy atom. The number of aromatic nitrogens is 2. The maximum Gasteiger partial charge on any atom is 0.414 e. The van der Waals surface area contributed by atoms with E-state index < -0.39 is 0 Å². The van der Waals surface area contributed by atoms with Gasteiger partial charge in [0, 0.05) is 22.5 Å². The number of nitrogens with zero attached hydrogens (tertiary/aromatic N) is 3. The number of ether oxygens (including phenoxy) is 1. The number of cyclic esters (lactones) is 1. The van der Waals surface area contributed by atoms with Gasteiger partial charge in [0.2, 0.25) is 0 Å². The Morgan fingerprint density at radius 1 is 1.07 bits per heavy atom. The number of aryl methyl sites for hydroxylation is 1. The molecule has 1 aliphatic heterocycles. The molecule has 0 bridgehead atoms. The van der Waals surface area contributed by atoms with Crippen LogP contribution in [0.2, 0.25) is 0 Å². The highest BCUT2D eigenvalue weighted by Crippen LogP contribution is 2.22. The minimum absolute atomic E-state index is 0.134. The molecule has 0 saturated carbocycles. The van der Waals surface area contributed by atoms with E-state index in [0.717, 1.165) is 22.6 Å². The van der Waals surface area contributed by atoms with E-state index in [9.17, 15) is 9.59 Å². The molecule has 1 aliphatic rings. The van der Waals surface area contributed by atoms with E-state index in [4.69, 9.17) is 4.74 Å². The summed E-state index contributed by atoms with van der Waals surface area (Å²) in [7, 11) is 0. The van der Waals surface area contributed by atoms with Crippen LogP contribution in [0.25, 0.3) is 11.8 Å². The average molecular weight is 387 g/mol. The quantitative estimate of drug-likeness (QED) is 0.482. The van der Waals surface area contributed by atoms with Crippen LogP contribution in [0.3, 0.4) is 0 Å². The second kappa shape index (κ2) is 7.75. The van der Waals surface area contributed by atoms with Gasteiger partial charge in [-0.1, -0.05) is 30.3 Å². The Bertz CT molecular complexity index is 1100. The highest BCUT2D eigenvalue weighted by molar-refractivity contribution is 6.07. The minimum Gasteiger partial charge on any atom is -0.447 e. The van der Waals surface area contributed by atoms with E-state index in [0.29, 0.717) is 24.4 Å². The Kier molecular flexibility index (Phi) is 4.99. The number of para-hydroxylation sites is 1. The molecule has 1 saturated heterocycles. The average Bonchev–Trinajstić information content (AvgIpc) is 3.30. The SMILES string of the molecule is Cc1nn(-c2ccccc2)c(C)c1/C=C/C(=O)c1cccc(N2CCOC2=O)c1. The van der Waals surface area contributed by atoms with Crippen molar-refractivity contribution in [3.05, 3.63) is 83.2 Å². The summed E-state index contributed by atoms with van der Waals surface area (Å²) in [5.74, 6) is -0.134. The fourth-order valence-corrected chi connectivity index (χ4v) is 3.43. The minimum atomic E-state index is -0.385. The van der Waals surface area contributed by atoms with Gasteiger partial charge in [0.15, 0.2) is 5.78 Å². The summed E-state index contributed by atoms with van der Waals surface area (Å²) in [6.07, 6.45) is 2.97. The zero-order chi connectivity index (χ0) is 20.4. The van der Waals surface area contributed by atoms with Gasteiger partial charge in [-0.25, -0.2) is 9.48 Å². The summed E-state index contributed by atoms with van der Waals surface area (Å²) < 4.78 is 6.84. The highest BCUT2D eigenvalue weighted by atomic mass is 16.6. The zero-order valence-corrected chi connectivity index (χ0v) is 16.3. The van der Waals surface area contributed by atoms with Crippen LogP contribution in [0.1, 0.15) is 27.3 Å². The lowest BCUT2D eigenvalue weighted by atomic mass is 10.1. The molecule has 146 valence electrons. The van der Waals surface area contributed by atoms with Crippen LogP contribution in [0.4, 0.5) is 10.5 Å². The van der Waals surface area contributed by atoms with Crippen molar-refractivity contribution in [3.8, 4) is 5.69 Å². The zero-order valence-electron chi connectivity index (χ0n) is 16.3. The normalized spacial score (nSPS) is 13.9. The Labute approximate surface area is 169 Å². The first-order chi connectivity index (χ1) is 14.0. The summed E-state index contributed by atoms with van der Waals surface area (Å²) in [6.45, 7) is 4.76. The molecule has 1 aromatic heterocycles. The molecule has 0 spiro atoms. The van der Waals surface area contributed by atoms with E-state index in [1.165, 1.54) is 4.90 Å². The van der Waals surface area contributed by atoms with Crippen LogP contribution >= 0.6 is 0 Å². The van der Waals surface area contributed by atoms with Crippen LogP contribution < -0.4 is 4.90 Å². The van der Waals surface area contributed by atoms with Gasteiger partial charge < -0.3 is 4.74 Å². The van der Waals surface area contributed by atoms with Crippen molar-refractivity contribution >= 4 is 23.6 Å². The van der Waals surface area contributed by atoms with Gasteiger partial charge in [0.05, 0.1) is 17.9 Å². The molecule has 4 rings (SSSR count). The lowest BCUT2D eigenvalue weighted by Gasteiger charge is -2.13. The van der Waals surface area contributed by atoms with Gasteiger partial charge in [0.25, 0.3) is 0 Å². The molecule has 29 heavy (non-hydrogen) atoms. The topological polar surface area (TPSA) is 64.4 Å².